The topological polar surface area (TPSA) is 47.2 Å². The number of benzene rings is 1. The van der Waals surface area contributed by atoms with Crippen LogP contribution in [0.5, 0.6) is 0 Å². The molecule has 0 saturated heterocycles. The molecule has 0 aliphatic heterocycles. The van der Waals surface area contributed by atoms with Crippen LogP contribution in [-0.4, -0.2) is 11.1 Å². The van der Waals surface area contributed by atoms with E-state index in [0.29, 0.717) is 17.5 Å². The van der Waals surface area contributed by atoms with Gasteiger partial charge in [-0.2, -0.15) is 0 Å². The van der Waals surface area contributed by atoms with Crippen molar-refractivity contribution in [3.63, 3.8) is 0 Å². The Morgan fingerprint density at radius 2 is 2.10 bits per heavy atom. The molecule has 1 aromatic carbocycles. The summed E-state index contributed by atoms with van der Waals surface area (Å²) in [4.78, 5) is 11.6. The van der Waals surface area contributed by atoms with Crippen LogP contribution in [0.4, 0.5) is 0 Å². The Hall–Kier alpha value is -1.55. The van der Waals surface area contributed by atoms with E-state index in [0.717, 1.165) is 24.9 Å². The van der Waals surface area contributed by atoms with Crippen molar-refractivity contribution in [2.24, 2.45) is 13.0 Å². The lowest BCUT2D eigenvalue weighted by atomic mass is 9.94. The van der Waals surface area contributed by atoms with Crippen LogP contribution in [0.3, 0.4) is 0 Å². The SMILES string of the molecule is CCCNC(CC(C)CC)c1ccc2c(c1)oc(=O)n2C. The van der Waals surface area contributed by atoms with Crippen LogP contribution in [0, 0.1) is 5.92 Å². The van der Waals surface area contributed by atoms with Crippen LogP contribution in [0.2, 0.25) is 0 Å². The molecular formula is C17H26N2O2. The number of hydrogen-bond donors (Lipinski definition) is 1. The van der Waals surface area contributed by atoms with E-state index in [1.807, 2.05) is 12.1 Å². The van der Waals surface area contributed by atoms with Crippen molar-refractivity contribution in [1.82, 2.24) is 9.88 Å². The Bertz CT molecular complexity index is 642. The van der Waals surface area contributed by atoms with E-state index in [-0.39, 0.29) is 5.76 Å². The number of oxazole rings is 1. The highest BCUT2D eigenvalue weighted by atomic mass is 16.4. The number of rotatable bonds is 7. The highest BCUT2D eigenvalue weighted by Gasteiger charge is 2.16. The summed E-state index contributed by atoms with van der Waals surface area (Å²) in [6, 6.07) is 6.40. The van der Waals surface area contributed by atoms with Gasteiger partial charge >= 0.3 is 5.76 Å². The molecule has 0 radical (unpaired) electrons. The van der Waals surface area contributed by atoms with E-state index in [9.17, 15) is 4.79 Å². The van der Waals surface area contributed by atoms with E-state index >= 15 is 0 Å². The molecule has 1 aromatic heterocycles. The minimum absolute atomic E-state index is 0.304. The average Bonchev–Trinajstić information content (AvgIpc) is 2.77. The van der Waals surface area contributed by atoms with Crippen LogP contribution in [0.1, 0.15) is 51.6 Å². The molecule has 1 N–H and O–H groups in total. The molecule has 1 heterocycles. The second-order valence-corrected chi connectivity index (χ2v) is 5.91. The maximum Gasteiger partial charge on any atom is 0.419 e. The fourth-order valence-electron chi connectivity index (χ4n) is 2.59. The minimum atomic E-state index is -0.304. The molecule has 4 nitrogen and oxygen atoms in total. The van der Waals surface area contributed by atoms with Crippen molar-refractivity contribution in [2.75, 3.05) is 6.54 Å². The summed E-state index contributed by atoms with van der Waals surface area (Å²) in [5, 5.41) is 3.61. The number of nitrogens with zero attached hydrogens (tertiary/aromatic N) is 1. The number of nitrogens with one attached hydrogen (secondary N) is 1. The smallest absolute Gasteiger partial charge is 0.408 e. The quantitative estimate of drug-likeness (QED) is 0.847. The molecular weight excluding hydrogens is 264 g/mol. The lowest BCUT2D eigenvalue weighted by Gasteiger charge is -2.22. The summed E-state index contributed by atoms with van der Waals surface area (Å²) in [5.74, 6) is 0.361. The van der Waals surface area contributed by atoms with Gasteiger partial charge in [0.15, 0.2) is 5.58 Å². The molecule has 2 aromatic rings. The van der Waals surface area contributed by atoms with Gasteiger partial charge in [-0.1, -0.05) is 33.3 Å². The van der Waals surface area contributed by atoms with Gasteiger partial charge in [-0.3, -0.25) is 4.57 Å². The fraction of sp³-hybridized carbons (Fsp3) is 0.588. The van der Waals surface area contributed by atoms with Gasteiger partial charge in [0.25, 0.3) is 0 Å². The standard InChI is InChI=1S/C17H26N2O2/c1-5-9-18-14(10-12(3)6-2)13-7-8-15-16(11-13)21-17(20)19(15)4/h7-8,11-12,14,18H,5-6,9-10H2,1-4H3. The van der Waals surface area contributed by atoms with E-state index < -0.39 is 0 Å². The molecule has 0 aliphatic carbocycles. The molecule has 2 rings (SSSR count). The number of aryl methyl sites for hydroxylation is 1. The van der Waals surface area contributed by atoms with E-state index in [1.54, 1.807) is 11.6 Å². The van der Waals surface area contributed by atoms with Gasteiger partial charge in [-0.05, 0) is 43.0 Å². The lowest BCUT2D eigenvalue weighted by molar-refractivity contribution is 0.402. The molecule has 0 bridgehead atoms. The molecule has 2 atom stereocenters. The van der Waals surface area contributed by atoms with Gasteiger partial charge in [0, 0.05) is 13.1 Å². The Balaban J connectivity index is 2.31. The average molecular weight is 290 g/mol. The molecule has 21 heavy (non-hydrogen) atoms. The highest BCUT2D eigenvalue weighted by Crippen LogP contribution is 2.26. The van der Waals surface area contributed by atoms with Crippen molar-refractivity contribution in [2.45, 2.75) is 46.1 Å². The summed E-state index contributed by atoms with van der Waals surface area (Å²) >= 11 is 0. The third-order valence-corrected chi connectivity index (χ3v) is 4.19. The Labute approximate surface area is 126 Å². The third-order valence-electron chi connectivity index (χ3n) is 4.19. The van der Waals surface area contributed by atoms with Crippen molar-refractivity contribution < 1.29 is 4.42 Å². The van der Waals surface area contributed by atoms with Gasteiger partial charge in [-0.25, -0.2) is 4.79 Å². The maximum atomic E-state index is 11.6. The first-order chi connectivity index (χ1) is 10.1. The van der Waals surface area contributed by atoms with Crippen molar-refractivity contribution in [3.8, 4) is 0 Å². The first-order valence-electron chi connectivity index (χ1n) is 7.89. The first-order valence-corrected chi connectivity index (χ1v) is 7.89. The van der Waals surface area contributed by atoms with Crippen LogP contribution < -0.4 is 11.1 Å². The minimum Gasteiger partial charge on any atom is -0.408 e. The monoisotopic (exact) mass is 290 g/mol. The van der Waals surface area contributed by atoms with E-state index in [1.165, 1.54) is 12.0 Å². The highest BCUT2D eigenvalue weighted by molar-refractivity contribution is 5.73. The Morgan fingerprint density at radius 1 is 1.33 bits per heavy atom. The number of aromatic nitrogens is 1. The fourth-order valence-corrected chi connectivity index (χ4v) is 2.59. The second-order valence-electron chi connectivity index (χ2n) is 5.91. The van der Waals surface area contributed by atoms with Crippen LogP contribution in [-0.2, 0) is 7.05 Å². The van der Waals surface area contributed by atoms with E-state index in [4.69, 9.17) is 4.42 Å². The summed E-state index contributed by atoms with van der Waals surface area (Å²) in [6.07, 6.45) is 3.38. The first kappa shape index (κ1) is 15.8. The van der Waals surface area contributed by atoms with Crippen molar-refractivity contribution in [3.05, 3.63) is 34.3 Å². The molecule has 2 unspecified atom stereocenters. The van der Waals surface area contributed by atoms with Crippen LogP contribution >= 0.6 is 0 Å². The van der Waals surface area contributed by atoms with Crippen molar-refractivity contribution >= 4 is 11.1 Å². The summed E-state index contributed by atoms with van der Waals surface area (Å²) in [6.45, 7) is 7.67. The third kappa shape index (κ3) is 3.56. The lowest BCUT2D eigenvalue weighted by Crippen LogP contribution is -2.24. The van der Waals surface area contributed by atoms with Gasteiger partial charge in [-0.15, -0.1) is 0 Å². The largest absolute Gasteiger partial charge is 0.419 e. The molecule has 0 saturated carbocycles. The van der Waals surface area contributed by atoms with Crippen LogP contribution in [0.15, 0.2) is 27.4 Å². The predicted molar refractivity (Wildman–Crippen MR) is 86.6 cm³/mol. The zero-order valence-corrected chi connectivity index (χ0v) is 13.5. The van der Waals surface area contributed by atoms with Gasteiger partial charge < -0.3 is 9.73 Å². The van der Waals surface area contributed by atoms with Gasteiger partial charge in [0.1, 0.15) is 0 Å². The molecule has 0 fully saturated rings. The summed E-state index contributed by atoms with van der Waals surface area (Å²) < 4.78 is 6.85. The zero-order chi connectivity index (χ0) is 15.4. The van der Waals surface area contributed by atoms with Gasteiger partial charge in [0.2, 0.25) is 0 Å². The normalized spacial score (nSPS) is 14.5. The summed E-state index contributed by atoms with van der Waals surface area (Å²) in [5.41, 5.74) is 2.72. The molecule has 4 heteroatoms. The molecule has 0 aliphatic rings. The predicted octanol–water partition coefficient (Wildman–Crippen LogP) is 3.61. The van der Waals surface area contributed by atoms with Crippen molar-refractivity contribution in [1.29, 1.82) is 0 Å². The molecule has 116 valence electrons. The molecule has 0 amide bonds. The Kier molecular flexibility index (Phi) is 5.23. The zero-order valence-electron chi connectivity index (χ0n) is 13.5. The van der Waals surface area contributed by atoms with Gasteiger partial charge in [0.05, 0.1) is 5.52 Å². The number of fused-ring (bicyclic) bond motifs is 1. The summed E-state index contributed by atoms with van der Waals surface area (Å²) in [7, 11) is 1.74. The second kappa shape index (κ2) is 6.94. The van der Waals surface area contributed by atoms with Crippen LogP contribution in [0.25, 0.3) is 11.1 Å². The number of hydrogen-bond acceptors (Lipinski definition) is 3. The maximum absolute atomic E-state index is 11.6. The Morgan fingerprint density at radius 3 is 2.76 bits per heavy atom. The van der Waals surface area contributed by atoms with E-state index in [2.05, 4.69) is 32.2 Å². The molecule has 0 spiro atoms.